The van der Waals surface area contributed by atoms with Gasteiger partial charge in [-0.05, 0) is 24.5 Å². The molecule has 0 radical (unpaired) electrons. The van der Waals surface area contributed by atoms with E-state index >= 15 is 0 Å². The number of fused-ring (bicyclic) bond motifs is 3. The van der Waals surface area contributed by atoms with Gasteiger partial charge in [-0.25, -0.2) is 0 Å². The minimum absolute atomic E-state index is 0.0684. The number of hydrogen-bond donors (Lipinski definition) is 0. The SMILES string of the molecule is CN1C(=O)[C@@H]2CCCN3C(=O)Cc4c(n1c1ccccc41)[C@@H]23. The summed E-state index contributed by atoms with van der Waals surface area (Å²) < 4.78 is 2.04. The van der Waals surface area contributed by atoms with Crippen molar-refractivity contribution in [2.75, 3.05) is 18.6 Å². The molecule has 5 heteroatoms. The standard InChI is InChI=1S/C17H17N3O2/c1-18-17(22)11-6-4-8-19-14(21)9-12-10-5-2-3-7-13(10)20(18)16(12)15(11)19/h2-3,5,7,11,15H,4,6,8-9H2,1H3/t11-,15-/m1/s1. The Hall–Kier alpha value is -2.30. The molecule has 112 valence electrons. The molecule has 0 spiro atoms. The van der Waals surface area contributed by atoms with E-state index in [1.54, 1.807) is 5.01 Å². The summed E-state index contributed by atoms with van der Waals surface area (Å²) in [6.07, 6.45) is 2.24. The third kappa shape index (κ3) is 1.26. The van der Waals surface area contributed by atoms with Crippen LogP contribution in [-0.4, -0.2) is 35.0 Å². The van der Waals surface area contributed by atoms with E-state index in [9.17, 15) is 9.59 Å². The molecule has 0 saturated carbocycles. The number of piperidine rings is 1. The van der Waals surface area contributed by atoms with Crippen LogP contribution in [0.5, 0.6) is 0 Å². The molecule has 0 bridgehead atoms. The summed E-state index contributed by atoms with van der Waals surface area (Å²) in [5.74, 6) is 0.213. The van der Waals surface area contributed by atoms with Gasteiger partial charge < -0.3 is 4.90 Å². The fraction of sp³-hybridized carbons (Fsp3) is 0.412. The van der Waals surface area contributed by atoms with Gasteiger partial charge in [0.2, 0.25) is 11.8 Å². The van der Waals surface area contributed by atoms with Gasteiger partial charge in [0.1, 0.15) is 0 Å². The van der Waals surface area contributed by atoms with Crippen LogP contribution in [0.3, 0.4) is 0 Å². The summed E-state index contributed by atoms with van der Waals surface area (Å²) >= 11 is 0. The molecule has 0 unspecified atom stereocenters. The Balaban J connectivity index is 1.91. The summed E-state index contributed by atoms with van der Waals surface area (Å²) in [6, 6.07) is 8.02. The Morgan fingerprint density at radius 1 is 1.18 bits per heavy atom. The Kier molecular flexibility index (Phi) is 2.18. The van der Waals surface area contributed by atoms with Gasteiger partial charge in [0.25, 0.3) is 0 Å². The van der Waals surface area contributed by atoms with Gasteiger partial charge in [-0.2, -0.15) is 0 Å². The summed E-state index contributed by atoms with van der Waals surface area (Å²) in [5.41, 5.74) is 3.31. The molecule has 1 saturated heterocycles. The highest BCUT2D eigenvalue weighted by atomic mass is 16.2. The molecule has 22 heavy (non-hydrogen) atoms. The molecule has 1 fully saturated rings. The van der Waals surface area contributed by atoms with Gasteiger partial charge >= 0.3 is 0 Å². The van der Waals surface area contributed by atoms with Crippen LogP contribution in [0.25, 0.3) is 10.9 Å². The van der Waals surface area contributed by atoms with Crippen molar-refractivity contribution in [1.82, 2.24) is 9.58 Å². The minimum atomic E-state index is -0.0847. The highest BCUT2D eigenvalue weighted by Crippen LogP contribution is 2.47. The lowest BCUT2D eigenvalue weighted by Crippen LogP contribution is -2.57. The van der Waals surface area contributed by atoms with Crippen LogP contribution in [0.2, 0.25) is 0 Å². The first kappa shape index (κ1) is 12.3. The molecule has 3 aliphatic heterocycles. The van der Waals surface area contributed by atoms with Crippen molar-refractivity contribution in [2.24, 2.45) is 5.92 Å². The fourth-order valence-electron chi connectivity index (χ4n) is 4.59. The first-order chi connectivity index (χ1) is 10.7. The number of amides is 2. The van der Waals surface area contributed by atoms with Crippen molar-refractivity contribution in [1.29, 1.82) is 0 Å². The molecule has 1 aromatic heterocycles. The number of carbonyl (C=O) groups excluding carboxylic acids is 2. The lowest BCUT2D eigenvalue weighted by atomic mass is 9.80. The highest BCUT2D eigenvalue weighted by Gasteiger charge is 2.50. The number of carbonyl (C=O) groups is 2. The van der Waals surface area contributed by atoms with Gasteiger partial charge in [-0.15, -0.1) is 0 Å². The molecule has 2 amide bonds. The van der Waals surface area contributed by atoms with E-state index in [1.165, 1.54) is 0 Å². The average Bonchev–Trinajstić information content (AvgIpc) is 2.87. The van der Waals surface area contributed by atoms with E-state index in [2.05, 4.69) is 6.07 Å². The molecular formula is C17H17N3O2. The van der Waals surface area contributed by atoms with E-state index < -0.39 is 0 Å². The third-order valence-corrected chi connectivity index (χ3v) is 5.49. The molecule has 2 atom stereocenters. The monoisotopic (exact) mass is 295 g/mol. The van der Waals surface area contributed by atoms with Gasteiger partial charge in [0.15, 0.2) is 0 Å². The molecule has 5 nitrogen and oxygen atoms in total. The second-order valence-corrected chi connectivity index (χ2v) is 6.51. The number of nitrogens with zero attached hydrogens (tertiary/aromatic N) is 3. The van der Waals surface area contributed by atoms with Gasteiger partial charge in [0, 0.05) is 19.0 Å². The van der Waals surface area contributed by atoms with Crippen molar-refractivity contribution in [3.63, 3.8) is 0 Å². The van der Waals surface area contributed by atoms with Crippen LogP contribution in [0.1, 0.15) is 30.1 Å². The van der Waals surface area contributed by atoms with Crippen molar-refractivity contribution >= 4 is 22.7 Å². The zero-order valence-corrected chi connectivity index (χ0v) is 12.5. The second-order valence-electron chi connectivity index (χ2n) is 6.51. The van der Waals surface area contributed by atoms with Crippen molar-refractivity contribution in [2.45, 2.75) is 25.3 Å². The van der Waals surface area contributed by atoms with E-state index in [-0.39, 0.29) is 23.8 Å². The molecule has 2 aromatic rings. The van der Waals surface area contributed by atoms with Crippen LogP contribution in [0.4, 0.5) is 0 Å². The van der Waals surface area contributed by atoms with E-state index in [1.807, 2.05) is 34.8 Å². The molecule has 5 rings (SSSR count). The van der Waals surface area contributed by atoms with E-state index in [0.29, 0.717) is 6.42 Å². The van der Waals surface area contributed by atoms with Gasteiger partial charge in [-0.3, -0.25) is 19.3 Å². The quantitative estimate of drug-likeness (QED) is 0.741. The molecule has 0 N–H and O–H groups in total. The largest absolute Gasteiger partial charge is 0.333 e. The topological polar surface area (TPSA) is 45.6 Å². The summed E-state index contributed by atoms with van der Waals surface area (Å²) in [6.45, 7) is 0.776. The van der Waals surface area contributed by atoms with Crippen LogP contribution >= 0.6 is 0 Å². The Morgan fingerprint density at radius 2 is 2.00 bits per heavy atom. The number of para-hydroxylation sites is 1. The number of benzene rings is 1. The smallest absolute Gasteiger partial charge is 0.246 e. The van der Waals surface area contributed by atoms with Crippen molar-refractivity contribution in [3.05, 3.63) is 35.5 Å². The van der Waals surface area contributed by atoms with Crippen molar-refractivity contribution < 1.29 is 9.59 Å². The fourth-order valence-corrected chi connectivity index (χ4v) is 4.59. The number of rotatable bonds is 0. The Bertz CT molecular complexity index is 838. The first-order valence-corrected chi connectivity index (χ1v) is 7.88. The Morgan fingerprint density at radius 3 is 2.86 bits per heavy atom. The molecule has 3 aliphatic rings. The highest BCUT2D eigenvalue weighted by molar-refractivity contribution is 5.99. The van der Waals surface area contributed by atoms with Crippen LogP contribution in [0.15, 0.2) is 24.3 Å². The van der Waals surface area contributed by atoms with Crippen molar-refractivity contribution in [3.8, 4) is 0 Å². The summed E-state index contributed by atoms with van der Waals surface area (Å²) in [7, 11) is 1.85. The number of aromatic nitrogens is 1. The first-order valence-electron chi connectivity index (χ1n) is 7.88. The normalized spacial score (nSPS) is 26.6. The maximum atomic E-state index is 12.8. The zero-order chi connectivity index (χ0) is 15.0. The molecule has 4 heterocycles. The van der Waals surface area contributed by atoms with Crippen LogP contribution < -0.4 is 5.01 Å². The zero-order valence-electron chi connectivity index (χ0n) is 12.5. The van der Waals surface area contributed by atoms with Crippen LogP contribution in [0, 0.1) is 5.92 Å². The van der Waals surface area contributed by atoms with E-state index in [4.69, 9.17) is 0 Å². The van der Waals surface area contributed by atoms with Gasteiger partial charge in [0.05, 0.1) is 29.6 Å². The summed E-state index contributed by atoms with van der Waals surface area (Å²) in [4.78, 5) is 27.4. The van der Waals surface area contributed by atoms with E-state index in [0.717, 1.165) is 41.5 Å². The second kappa shape index (κ2) is 3.91. The predicted molar refractivity (Wildman–Crippen MR) is 82.0 cm³/mol. The lowest BCUT2D eigenvalue weighted by molar-refractivity contribution is -0.142. The third-order valence-electron chi connectivity index (χ3n) is 5.49. The van der Waals surface area contributed by atoms with Crippen LogP contribution in [-0.2, 0) is 16.0 Å². The predicted octanol–water partition coefficient (Wildman–Crippen LogP) is 1.59. The minimum Gasteiger partial charge on any atom is -0.333 e. The average molecular weight is 295 g/mol. The summed E-state index contributed by atoms with van der Waals surface area (Å²) in [5, 5.41) is 2.86. The maximum absolute atomic E-state index is 12.8. The molecular weight excluding hydrogens is 278 g/mol. The Labute approximate surface area is 128 Å². The maximum Gasteiger partial charge on any atom is 0.246 e. The van der Waals surface area contributed by atoms with Gasteiger partial charge in [-0.1, -0.05) is 18.2 Å². The molecule has 0 aliphatic carbocycles. The number of hydrogen-bond acceptors (Lipinski definition) is 2. The molecule has 1 aromatic carbocycles. The lowest BCUT2D eigenvalue weighted by Gasteiger charge is -2.48.